The Morgan fingerprint density at radius 2 is 1.63 bits per heavy atom. The summed E-state index contributed by atoms with van der Waals surface area (Å²) in [5.74, 6) is 0.653. The van der Waals surface area contributed by atoms with Crippen molar-refractivity contribution in [2.24, 2.45) is 17.4 Å². The molecular weight excluding hydrogens is 721 g/mol. The van der Waals surface area contributed by atoms with Crippen LogP contribution in [0.15, 0.2) is 12.2 Å². The summed E-state index contributed by atoms with van der Waals surface area (Å²) in [6, 6.07) is 0.391. The van der Waals surface area contributed by atoms with Crippen molar-refractivity contribution >= 4 is 17.8 Å². The fourth-order valence-electron chi connectivity index (χ4n) is 10.3. The molecule has 12 heteroatoms. The van der Waals surface area contributed by atoms with Crippen LogP contribution in [0.2, 0.25) is 0 Å². The zero-order valence-electron chi connectivity index (χ0n) is 35.9. The summed E-state index contributed by atoms with van der Waals surface area (Å²) in [5.41, 5.74) is 10.0. The number of carbonyl (C=O) groups is 2. The molecule has 0 aromatic carbocycles. The number of amides is 1. The topological polar surface area (TPSA) is 164 Å². The van der Waals surface area contributed by atoms with Gasteiger partial charge in [0, 0.05) is 38.8 Å². The Labute approximate surface area is 344 Å². The van der Waals surface area contributed by atoms with Crippen LogP contribution < -0.4 is 22.1 Å². The Balaban J connectivity index is 0.941. The van der Waals surface area contributed by atoms with Crippen molar-refractivity contribution in [2.75, 3.05) is 32.8 Å². The molecule has 5 rings (SSSR count). The summed E-state index contributed by atoms with van der Waals surface area (Å²) in [6.45, 7) is 6.73. The van der Waals surface area contributed by atoms with Gasteiger partial charge in [-0.25, -0.2) is 10.6 Å². The van der Waals surface area contributed by atoms with Gasteiger partial charge in [0.2, 0.25) is 11.6 Å². The van der Waals surface area contributed by atoms with Gasteiger partial charge in [-0.05, 0) is 84.2 Å². The Hall–Kier alpha value is -2.25. The summed E-state index contributed by atoms with van der Waals surface area (Å²) in [4.78, 5) is 28.5. The lowest BCUT2D eigenvalue weighted by Gasteiger charge is -2.50. The number of hydrogen-bond donors (Lipinski definition) is 5. The average molecular weight is 802 g/mol. The maximum absolute atomic E-state index is 14.1. The van der Waals surface area contributed by atoms with E-state index in [-0.39, 0.29) is 36.0 Å². The maximum atomic E-state index is 14.1. The summed E-state index contributed by atoms with van der Waals surface area (Å²) in [5, 5.41) is 17.8. The number of allylic oxidation sites excluding steroid dienone is 1. The van der Waals surface area contributed by atoms with Crippen molar-refractivity contribution in [3.63, 3.8) is 0 Å². The van der Waals surface area contributed by atoms with Crippen LogP contribution in [-0.4, -0.2) is 107 Å². The molecule has 0 aromatic rings. The third-order valence-electron chi connectivity index (χ3n) is 13.3. The quantitative estimate of drug-likeness (QED) is 0.0315. The number of nitrogens with one attached hydrogen (secondary N) is 2. The lowest BCUT2D eigenvalue weighted by atomic mass is 9.80. The molecule has 12 nitrogen and oxygen atoms in total. The molecule has 0 aromatic heterocycles. The van der Waals surface area contributed by atoms with Crippen molar-refractivity contribution in [3.8, 4) is 0 Å². The zero-order valence-corrected chi connectivity index (χ0v) is 35.9. The monoisotopic (exact) mass is 802 g/mol. The first-order valence-electron chi connectivity index (χ1n) is 23.5. The number of hydrogen-bond acceptors (Lipinski definition) is 10. The normalized spacial score (nSPS) is 29.8. The van der Waals surface area contributed by atoms with Crippen LogP contribution in [0.3, 0.4) is 0 Å². The van der Waals surface area contributed by atoms with E-state index in [4.69, 9.17) is 25.7 Å². The second kappa shape index (κ2) is 23.5. The fraction of sp³-hybridized carbons (Fsp3) is 0.889. The number of rotatable bonds is 25. The Morgan fingerprint density at radius 3 is 2.30 bits per heavy atom. The first-order chi connectivity index (χ1) is 27.7. The highest BCUT2D eigenvalue weighted by Crippen LogP contribution is 2.45. The highest BCUT2D eigenvalue weighted by Gasteiger charge is 2.64. The first-order valence-corrected chi connectivity index (χ1v) is 23.5. The SMILES string of the molecule is CC[C@@H]1C=CCC[C@]2(C[C@H]3CC[C@H]4[C@@H](C(=O)OCCCCCCCCCCCCCCCC(=O)N(CCCN)CC(O)CCN)[C@@]5(CCC[C@H](C)O5)NC(=[N+]34)N2)O1. The smallest absolute Gasteiger partial charge is 0.350 e. The summed E-state index contributed by atoms with van der Waals surface area (Å²) < 4.78 is 22.1. The van der Waals surface area contributed by atoms with Gasteiger partial charge in [0.05, 0.1) is 37.0 Å². The molecular formula is C45H81N6O6+. The number of aliphatic hydroxyl groups is 1. The van der Waals surface area contributed by atoms with E-state index < -0.39 is 17.6 Å². The van der Waals surface area contributed by atoms with E-state index in [0.29, 0.717) is 51.7 Å². The van der Waals surface area contributed by atoms with Gasteiger partial charge in [-0.3, -0.25) is 14.2 Å². The lowest BCUT2D eigenvalue weighted by molar-refractivity contribution is -0.609. The van der Waals surface area contributed by atoms with Crippen LogP contribution in [0, 0.1) is 5.92 Å². The van der Waals surface area contributed by atoms with Crippen molar-refractivity contribution in [3.05, 3.63) is 12.2 Å². The molecule has 57 heavy (non-hydrogen) atoms. The molecule has 326 valence electrons. The van der Waals surface area contributed by atoms with Crippen LogP contribution >= 0.6 is 0 Å². The number of nitrogens with zero attached hydrogens (tertiary/aromatic N) is 2. The van der Waals surface area contributed by atoms with Crippen LogP contribution in [-0.2, 0) is 23.8 Å². The van der Waals surface area contributed by atoms with E-state index >= 15 is 0 Å². The molecule has 5 aliphatic rings. The number of carbonyl (C=O) groups excluding carboxylic acids is 2. The molecule has 1 unspecified atom stereocenters. The molecule has 2 fully saturated rings. The third-order valence-corrected chi connectivity index (χ3v) is 13.3. The van der Waals surface area contributed by atoms with Gasteiger partial charge in [-0.1, -0.05) is 89.7 Å². The number of nitrogens with two attached hydrogens (primary N) is 2. The molecule has 2 spiro atoms. The predicted octanol–water partition coefficient (Wildman–Crippen LogP) is 6.12. The summed E-state index contributed by atoms with van der Waals surface area (Å²) in [6.07, 6.45) is 29.7. The van der Waals surface area contributed by atoms with E-state index in [2.05, 4.69) is 41.2 Å². The maximum Gasteiger partial charge on any atom is 0.350 e. The average Bonchev–Trinajstić information content (AvgIpc) is 3.49. The molecule has 7 N–H and O–H groups in total. The minimum Gasteiger partial charge on any atom is -0.465 e. The summed E-state index contributed by atoms with van der Waals surface area (Å²) in [7, 11) is 0. The van der Waals surface area contributed by atoms with Crippen LogP contribution in [0.5, 0.6) is 0 Å². The lowest BCUT2D eigenvalue weighted by Crippen LogP contribution is -2.76. The minimum atomic E-state index is -0.761. The molecule has 0 radical (unpaired) electrons. The molecule has 2 saturated heterocycles. The third kappa shape index (κ3) is 13.1. The van der Waals surface area contributed by atoms with Gasteiger partial charge in [-0.2, -0.15) is 0 Å². The van der Waals surface area contributed by atoms with E-state index in [1.165, 1.54) is 57.8 Å². The van der Waals surface area contributed by atoms with Gasteiger partial charge in [0.15, 0.2) is 11.6 Å². The number of guanidine groups is 1. The van der Waals surface area contributed by atoms with E-state index in [0.717, 1.165) is 95.9 Å². The van der Waals surface area contributed by atoms with Crippen LogP contribution in [0.1, 0.15) is 174 Å². The fourth-order valence-corrected chi connectivity index (χ4v) is 10.3. The Bertz CT molecular complexity index is 1300. The van der Waals surface area contributed by atoms with Gasteiger partial charge in [0.25, 0.3) is 0 Å². The Morgan fingerprint density at radius 1 is 0.930 bits per heavy atom. The zero-order chi connectivity index (χ0) is 40.5. The molecule has 0 bridgehead atoms. The van der Waals surface area contributed by atoms with E-state index in [1.54, 1.807) is 4.90 Å². The molecule has 5 aliphatic heterocycles. The van der Waals surface area contributed by atoms with Gasteiger partial charge < -0.3 is 35.7 Å². The second-order valence-corrected chi connectivity index (χ2v) is 17.9. The number of ether oxygens (including phenoxy) is 3. The molecule has 0 aliphatic carbocycles. The number of esters is 1. The minimum absolute atomic E-state index is 0.0619. The van der Waals surface area contributed by atoms with Crippen LogP contribution in [0.25, 0.3) is 0 Å². The van der Waals surface area contributed by atoms with E-state index in [9.17, 15) is 14.7 Å². The first kappa shape index (κ1) is 45.8. The van der Waals surface area contributed by atoms with Crippen molar-refractivity contribution in [1.82, 2.24) is 15.5 Å². The van der Waals surface area contributed by atoms with Crippen LogP contribution in [0.4, 0.5) is 0 Å². The van der Waals surface area contributed by atoms with Gasteiger partial charge >= 0.3 is 11.9 Å². The molecule has 8 atom stereocenters. The highest BCUT2D eigenvalue weighted by atomic mass is 16.6. The van der Waals surface area contributed by atoms with Gasteiger partial charge in [-0.15, -0.1) is 0 Å². The standard InChI is InChI=1S/C45H80N6O6/c1-3-38-22-16-17-27-44(57-38)33-36-24-25-39-41(45(28-19-21-35(2)56-45)49-43(48-44)51(36)39)42(54)55-32-18-14-12-10-8-6-4-5-7-9-11-13-15-23-40(53)50(31-20-29-46)34-37(52)26-30-47/h16,22,35-39,41,52H,3-15,17-21,23-34,46-47H2,1-2H3,(H,48,49)/p+1/t35-,36+,37?,38+,39-,41-,44+,45-/m0/s1. The van der Waals surface area contributed by atoms with Crippen molar-refractivity contribution in [1.29, 1.82) is 0 Å². The van der Waals surface area contributed by atoms with E-state index in [1.807, 2.05) is 0 Å². The Kier molecular flexibility index (Phi) is 18.9. The highest BCUT2D eigenvalue weighted by molar-refractivity contribution is 5.82. The molecule has 1 amide bonds. The molecule has 0 saturated carbocycles. The largest absolute Gasteiger partial charge is 0.465 e. The van der Waals surface area contributed by atoms with Gasteiger partial charge in [0.1, 0.15) is 0 Å². The predicted molar refractivity (Wildman–Crippen MR) is 225 cm³/mol. The number of aliphatic hydroxyl groups excluding tert-OH is 1. The van der Waals surface area contributed by atoms with Crippen molar-refractivity contribution < 1.29 is 33.5 Å². The number of unbranched alkanes of at least 4 members (excludes halogenated alkanes) is 12. The van der Waals surface area contributed by atoms with Crippen molar-refractivity contribution in [2.45, 2.75) is 216 Å². The second-order valence-electron chi connectivity index (χ2n) is 17.9. The molecule has 5 heterocycles. The summed E-state index contributed by atoms with van der Waals surface area (Å²) >= 11 is 0.